The van der Waals surface area contributed by atoms with Crippen LogP contribution in [0.1, 0.15) is 16.8 Å². The van der Waals surface area contributed by atoms with Crippen LogP contribution in [0.15, 0.2) is 36.5 Å². The van der Waals surface area contributed by atoms with Crippen LogP contribution in [0.3, 0.4) is 0 Å². The maximum absolute atomic E-state index is 12.3. The number of rotatable bonds is 4. The SMILES string of the molecule is Cc1ccc(CN(C)C(=O)Cc2c(Cl)cccc2Cl)nc1. The van der Waals surface area contributed by atoms with Crippen LogP contribution in [0.5, 0.6) is 0 Å². The summed E-state index contributed by atoms with van der Waals surface area (Å²) >= 11 is 12.2. The molecule has 0 bridgehead atoms. The van der Waals surface area contributed by atoms with Gasteiger partial charge in [0.1, 0.15) is 0 Å². The summed E-state index contributed by atoms with van der Waals surface area (Å²) in [5, 5.41) is 1.02. The number of aromatic nitrogens is 1. The van der Waals surface area contributed by atoms with Crippen LogP contribution in [0, 0.1) is 6.92 Å². The van der Waals surface area contributed by atoms with E-state index in [4.69, 9.17) is 23.2 Å². The molecule has 2 rings (SSSR count). The molecular weight excluding hydrogens is 307 g/mol. The number of halogens is 2. The highest BCUT2D eigenvalue weighted by molar-refractivity contribution is 6.36. The third kappa shape index (κ3) is 4.19. The zero-order chi connectivity index (χ0) is 15.4. The Morgan fingerprint density at radius 1 is 1.19 bits per heavy atom. The largest absolute Gasteiger partial charge is 0.340 e. The number of carbonyl (C=O) groups is 1. The zero-order valence-corrected chi connectivity index (χ0v) is 13.4. The molecule has 21 heavy (non-hydrogen) atoms. The summed E-state index contributed by atoms with van der Waals surface area (Å²) in [6.07, 6.45) is 1.97. The van der Waals surface area contributed by atoms with E-state index in [2.05, 4.69) is 4.98 Å². The molecule has 2 aromatic rings. The quantitative estimate of drug-likeness (QED) is 0.855. The Morgan fingerprint density at radius 3 is 2.43 bits per heavy atom. The lowest BCUT2D eigenvalue weighted by molar-refractivity contribution is -0.129. The molecule has 0 spiro atoms. The van der Waals surface area contributed by atoms with E-state index in [1.807, 2.05) is 19.1 Å². The standard InChI is InChI=1S/C16H16Cl2N2O/c1-11-6-7-12(19-9-11)10-20(2)16(21)8-13-14(17)4-3-5-15(13)18/h3-7,9H,8,10H2,1-2H3. The average molecular weight is 323 g/mol. The highest BCUT2D eigenvalue weighted by atomic mass is 35.5. The van der Waals surface area contributed by atoms with Crippen molar-refractivity contribution < 1.29 is 4.79 Å². The molecule has 0 aliphatic heterocycles. The molecule has 1 aromatic heterocycles. The van der Waals surface area contributed by atoms with Crippen molar-refractivity contribution in [2.75, 3.05) is 7.05 Å². The minimum atomic E-state index is -0.0487. The van der Waals surface area contributed by atoms with Gasteiger partial charge in [-0.15, -0.1) is 0 Å². The molecule has 0 aliphatic carbocycles. The molecule has 110 valence electrons. The van der Waals surface area contributed by atoms with Crippen LogP contribution in [-0.2, 0) is 17.8 Å². The predicted octanol–water partition coefficient (Wildman–Crippen LogP) is 3.90. The average Bonchev–Trinajstić information content (AvgIpc) is 2.45. The Balaban J connectivity index is 2.04. The smallest absolute Gasteiger partial charge is 0.227 e. The number of nitrogens with zero attached hydrogens (tertiary/aromatic N) is 2. The van der Waals surface area contributed by atoms with Crippen molar-refractivity contribution >= 4 is 29.1 Å². The molecule has 1 aromatic carbocycles. The van der Waals surface area contributed by atoms with Gasteiger partial charge in [-0.2, -0.15) is 0 Å². The van der Waals surface area contributed by atoms with Crippen LogP contribution < -0.4 is 0 Å². The molecule has 1 heterocycles. The van der Waals surface area contributed by atoms with Gasteiger partial charge in [-0.25, -0.2) is 0 Å². The predicted molar refractivity (Wildman–Crippen MR) is 85.6 cm³/mol. The second-order valence-corrected chi connectivity index (χ2v) is 5.77. The molecule has 0 atom stereocenters. The van der Waals surface area contributed by atoms with E-state index < -0.39 is 0 Å². The minimum absolute atomic E-state index is 0.0487. The van der Waals surface area contributed by atoms with Crippen LogP contribution in [0.2, 0.25) is 10.0 Å². The number of amides is 1. The third-order valence-electron chi connectivity index (χ3n) is 3.19. The highest BCUT2D eigenvalue weighted by Gasteiger charge is 2.15. The second-order valence-electron chi connectivity index (χ2n) is 4.95. The third-order valence-corrected chi connectivity index (χ3v) is 3.90. The van der Waals surface area contributed by atoms with E-state index in [-0.39, 0.29) is 12.3 Å². The monoisotopic (exact) mass is 322 g/mol. The maximum atomic E-state index is 12.3. The molecule has 0 aliphatic rings. The van der Waals surface area contributed by atoms with Crippen molar-refractivity contribution in [3.8, 4) is 0 Å². The number of likely N-dealkylation sites (N-methyl/N-ethyl adjacent to an activating group) is 1. The van der Waals surface area contributed by atoms with Crippen LogP contribution in [0.4, 0.5) is 0 Å². The normalized spacial score (nSPS) is 10.5. The van der Waals surface area contributed by atoms with Crippen molar-refractivity contribution in [3.05, 3.63) is 63.4 Å². The maximum Gasteiger partial charge on any atom is 0.227 e. The number of pyridine rings is 1. The highest BCUT2D eigenvalue weighted by Crippen LogP contribution is 2.25. The Bertz CT molecular complexity index is 621. The number of hydrogen-bond donors (Lipinski definition) is 0. The van der Waals surface area contributed by atoms with Gasteiger partial charge in [0.15, 0.2) is 0 Å². The summed E-state index contributed by atoms with van der Waals surface area (Å²) in [5.41, 5.74) is 2.60. The van der Waals surface area contributed by atoms with Gasteiger partial charge in [-0.05, 0) is 36.2 Å². The van der Waals surface area contributed by atoms with Gasteiger partial charge in [0.2, 0.25) is 5.91 Å². The second kappa shape index (κ2) is 6.92. The molecule has 0 saturated carbocycles. The molecular formula is C16H16Cl2N2O. The summed E-state index contributed by atoms with van der Waals surface area (Å²) in [4.78, 5) is 18.2. The van der Waals surface area contributed by atoms with E-state index in [0.29, 0.717) is 22.2 Å². The molecule has 3 nitrogen and oxygen atoms in total. The van der Waals surface area contributed by atoms with Gasteiger partial charge in [-0.3, -0.25) is 9.78 Å². The fraction of sp³-hybridized carbons (Fsp3) is 0.250. The summed E-state index contributed by atoms with van der Waals surface area (Å²) in [7, 11) is 1.74. The summed E-state index contributed by atoms with van der Waals surface area (Å²) in [6, 6.07) is 9.13. The van der Waals surface area contributed by atoms with E-state index in [0.717, 1.165) is 11.3 Å². The zero-order valence-electron chi connectivity index (χ0n) is 11.9. The Hall–Kier alpha value is -1.58. The molecule has 0 unspecified atom stereocenters. The lowest BCUT2D eigenvalue weighted by Crippen LogP contribution is -2.28. The molecule has 0 radical (unpaired) electrons. The number of hydrogen-bond acceptors (Lipinski definition) is 2. The number of carbonyl (C=O) groups excluding carboxylic acids is 1. The summed E-state index contributed by atoms with van der Waals surface area (Å²) in [6.45, 7) is 2.44. The van der Waals surface area contributed by atoms with Crippen molar-refractivity contribution in [1.82, 2.24) is 9.88 Å². The van der Waals surface area contributed by atoms with Crippen LogP contribution in [-0.4, -0.2) is 22.8 Å². The van der Waals surface area contributed by atoms with Crippen LogP contribution >= 0.6 is 23.2 Å². The Morgan fingerprint density at radius 2 is 1.86 bits per heavy atom. The van der Waals surface area contributed by atoms with Gasteiger partial charge in [0.05, 0.1) is 18.7 Å². The van der Waals surface area contributed by atoms with Crippen LogP contribution in [0.25, 0.3) is 0 Å². The van der Waals surface area contributed by atoms with Gasteiger partial charge < -0.3 is 4.90 Å². The first kappa shape index (κ1) is 15.8. The summed E-state index contributed by atoms with van der Waals surface area (Å²) in [5.74, 6) is -0.0487. The van der Waals surface area contributed by atoms with Crippen molar-refractivity contribution in [3.63, 3.8) is 0 Å². The molecule has 0 fully saturated rings. The van der Waals surface area contributed by atoms with Gasteiger partial charge in [0.25, 0.3) is 0 Å². The van der Waals surface area contributed by atoms with E-state index in [1.165, 1.54) is 0 Å². The van der Waals surface area contributed by atoms with Crippen molar-refractivity contribution in [1.29, 1.82) is 0 Å². The van der Waals surface area contributed by atoms with E-state index >= 15 is 0 Å². The lowest BCUT2D eigenvalue weighted by atomic mass is 10.1. The van der Waals surface area contributed by atoms with Gasteiger partial charge >= 0.3 is 0 Å². The Kier molecular flexibility index (Phi) is 5.21. The summed E-state index contributed by atoms with van der Waals surface area (Å²) < 4.78 is 0. The number of benzene rings is 1. The first-order valence-electron chi connectivity index (χ1n) is 6.55. The first-order chi connectivity index (χ1) is 9.97. The lowest BCUT2D eigenvalue weighted by Gasteiger charge is -2.17. The van der Waals surface area contributed by atoms with E-state index in [9.17, 15) is 4.79 Å². The van der Waals surface area contributed by atoms with E-state index in [1.54, 1.807) is 36.3 Å². The molecule has 0 saturated heterocycles. The molecule has 0 N–H and O–H groups in total. The topological polar surface area (TPSA) is 33.2 Å². The van der Waals surface area contributed by atoms with Gasteiger partial charge in [0, 0.05) is 23.3 Å². The molecule has 5 heteroatoms. The number of aryl methyl sites for hydroxylation is 1. The fourth-order valence-corrected chi connectivity index (χ4v) is 2.44. The van der Waals surface area contributed by atoms with Crippen molar-refractivity contribution in [2.45, 2.75) is 19.9 Å². The minimum Gasteiger partial charge on any atom is -0.340 e. The molecule has 1 amide bonds. The van der Waals surface area contributed by atoms with Gasteiger partial charge in [-0.1, -0.05) is 35.3 Å². The Labute approximate surface area is 134 Å². The first-order valence-corrected chi connectivity index (χ1v) is 7.31. The van der Waals surface area contributed by atoms with Crippen molar-refractivity contribution in [2.24, 2.45) is 0 Å². The fourth-order valence-electron chi connectivity index (χ4n) is 1.91.